The van der Waals surface area contributed by atoms with E-state index in [2.05, 4.69) is 10.3 Å². The summed E-state index contributed by atoms with van der Waals surface area (Å²) in [6.07, 6.45) is 0.578. The van der Waals surface area contributed by atoms with Gasteiger partial charge in [-0.1, -0.05) is 17.7 Å². The molecule has 0 heterocycles. The number of anilines is 1. The van der Waals surface area contributed by atoms with Crippen LogP contribution in [0.5, 0.6) is 0 Å². The fourth-order valence-corrected chi connectivity index (χ4v) is 1.90. The molecule has 0 atom stereocenters. The molecule has 0 saturated heterocycles. The highest BCUT2D eigenvalue weighted by molar-refractivity contribution is 6.30. The van der Waals surface area contributed by atoms with Gasteiger partial charge in [0.2, 0.25) is 0 Å². The van der Waals surface area contributed by atoms with Crippen LogP contribution in [0.15, 0.2) is 47.5 Å². The lowest BCUT2D eigenvalue weighted by Crippen LogP contribution is -2.06. The highest BCUT2D eigenvalue weighted by Crippen LogP contribution is 2.20. The van der Waals surface area contributed by atoms with Crippen LogP contribution in [0.4, 0.5) is 15.8 Å². The van der Waals surface area contributed by atoms with Crippen molar-refractivity contribution in [2.45, 2.75) is 6.92 Å². The first-order chi connectivity index (χ1) is 9.58. The van der Waals surface area contributed by atoms with Gasteiger partial charge in [0.15, 0.2) is 6.29 Å². The summed E-state index contributed by atoms with van der Waals surface area (Å²) < 4.78 is 13.0. The van der Waals surface area contributed by atoms with Crippen molar-refractivity contribution in [3.63, 3.8) is 0 Å². The van der Waals surface area contributed by atoms with E-state index in [9.17, 15) is 9.18 Å². The van der Waals surface area contributed by atoms with Crippen LogP contribution in [-0.2, 0) is 0 Å². The van der Waals surface area contributed by atoms with Crippen LogP contribution in [0, 0.1) is 5.82 Å². The highest BCUT2D eigenvalue weighted by Gasteiger charge is 2.03. The third-order valence-corrected chi connectivity index (χ3v) is 2.79. The topological polar surface area (TPSA) is 41.5 Å². The number of hydrogen-bond donors (Lipinski definition) is 1. The zero-order valence-corrected chi connectivity index (χ0v) is 11.5. The molecule has 0 saturated carbocycles. The molecule has 0 aromatic heterocycles. The van der Waals surface area contributed by atoms with Crippen molar-refractivity contribution >= 4 is 35.1 Å². The van der Waals surface area contributed by atoms with Crippen LogP contribution >= 0.6 is 11.6 Å². The van der Waals surface area contributed by atoms with Gasteiger partial charge in [-0.05, 0) is 43.3 Å². The molecule has 0 unspecified atom stereocenters. The number of benzene rings is 2. The molecule has 20 heavy (non-hydrogen) atoms. The van der Waals surface area contributed by atoms with Crippen molar-refractivity contribution in [2.75, 3.05) is 5.32 Å². The van der Waals surface area contributed by atoms with Gasteiger partial charge >= 0.3 is 0 Å². The fraction of sp³-hybridized carbons (Fsp3) is 0.0667. The van der Waals surface area contributed by atoms with Gasteiger partial charge in [-0.15, -0.1) is 0 Å². The molecule has 2 aromatic carbocycles. The van der Waals surface area contributed by atoms with Gasteiger partial charge in [-0.25, -0.2) is 9.38 Å². The number of aldehydes is 1. The standard InChI is InChI=1S/C15H12ClFN2O/c1-10(18-14-4-2-3-12(16)8-14)19-15-6-5-13(17)7-11(15)9-20/h2-9H,1H3,(H,18,19). The van der Waals surface area contributed by atoms with E-state index in [-0.39, 0.29) is 5.56 Å². The first kappa shape index (κ1) is 14.2. The zero-order valence-electron chi connectivity index (χ0n) is 10.7. The molecule has 2 rings (SSSR count). The summed E-state index contributed by atoms with van der Waals surface area (Å²) in [6, 6.07) is 11.1. The molecule has 0 spiro atoms. The maximum Gasteiger partial charge on any atom is 0.152 e. The van der Waals surface area contributed by atoms with Crippen LogP contribution < -0.4 is 5.32 Å². The lowest BCUT2D eigenvalue weighted by Gasteiger charge is -2.07. The first-order valence-electron chi connectivity index (χ1n) is 5.91. The minimum atomic E-state index is -0.466. The Morgan fingerprint density at radius 3 is 2.80 bits per heavy atom. The Morgan fingerprint density at radius 2 is 2.10 bits per heavy atom. The molecule has 1 N–H and O–H groups in total. The third-order valence-electron chi connectivity index (χ3n) is 2.55. The number of rotatable bonds is 3. The second kappa shape index (κ2) is 6.30. The van der Waals surface area contributed by atoms with Gasteiger partial charge in [0.25, 0.3) is 0 Å². The molecule has 0 aliphatic heterocycles. The van der Waals surface area contributed by atoms with Gasteiger partial charge in [0.05, 0.1) is 5.69 Å². The predicted octanol–water partition coefficient (Wildman–Crippen LogP) is 4.45. The Labute approximate surface area is 121 Å². The normalized spacial score (nSPS) is 11.2. The summed E-state index contributed by atoms with van der Waals surface area (Å²) in [4.78, 5) is 15.2. The van der Waals surface area contributed by atoms with E-state index in [1.54, 1.807) is 19.1 Å². The Hall–Kier alpha value is -2.20. The number of nitrogens with zero attached hydrogens (tertiary/aromatic N) is 1. The molecule has 0 fully saturated rings. The van der Waals surface area contributed by atoms with Gasteiger partial charge in [-0.2, -0.15) is 0 Å². The SMILES string of the molecule is CC(=Nc1ccc(F)cc1C=O)Nc1cccc(Cl)c1. The number of hydrogen-bond acceptors (Lipinski definition) is 2. The van der Waals surface area contributed by atoms with Gasteiger partial charge in [0.1, 0.15) is 11.7 Å². The first-order valence-corrected chi connectivity index (χ1v) is 6.29. The molecule has 2 aromatic rings. The molecule has 3 nitrogen and oxygen atoms in total. The molecule has 0 aliphatic carbocycles. The fourth-order valence-electron chi connectivity index (χ4n) is 1.71. The highest BCUT2D eigenvalue weighted by atomic mass is 35.5. The van der Waals surface area contributed by atoms with Gasteiger partial charge in [-0.3, -0.25) is 4.79 Å². The molecule has 0 aliphatic rings. The number of carbonyl (C=O) groups is 1. The van der Waals surface area contributed by atoms with Crippen molar-refractivity contribution in [1.29, 1.82) is 0 Å². The Kier molecular flexibility index (Phi) is 4.48. The van der Waals surface area contributed by atoms with Gasteiger partial charge < -0.3 is 5.32 Å². The second-order valence-corrected chi connectivity index (χ2v) is 4.59. The van der Waals surface area contributed by atoms with Crippen LogP contribution in [-0.4, -0.2) is 12.1 Å². The van der Waals surface area contributed by atoms with E-state index in [1.165, 1.54) is 12.1 Å². The van der Waals surface area contributed by atoms with E-state index in [0.717, 1.165) is 11.8 Å². The third kappa shape index (κ3) is 3.65. The lowest BCUT2D eigenvalue weighted by molar-refractivity contribution is 0.112. The summed E-state index contributed by atoms with van der Waals surface area (Å²) >= 11 is 5.89. The minimum absolute atomic E-state index is 0.206. The Bertz CT molecular complexity index is 671. The minimum Gasteiger partial charge on any atom is -0.344 e. The molecular formula is C15H12ClFN2O. The van der Waals surface area contributed by atoms with Crippen LogP contribution in [0.2, 0.25) is 5.02 Å². The molecule has 0 radical (unpaired) electrons. The smallest absolute Gasteiger partial charge is 0.152 e. The monoisotopic (exact) mass is 290 g/mol. The van der Waals surface area contributed by atoms with E-state index in [0.29, 0.717) is 22.8 Å². The predicted molar refractivity (Wildman–Crippen MR) is 79.6 cm³/mol. The zero-order chi connectivity index (χ0) is 14.5. The largest absolute Gasteiger partial charge is 0.344 e. The van der Waals surface area contributed by atoms with E-state index >= 15 is 0 Å². The Morgan fingerprint density at radius 1 is 1.30 bits per heavy atom. The number of carbonyl (C=O) groups excluding carboxylic acids is 1. The number of amidine groups is 1. The summed E-state index contributed by atoms with van der Waals surface area (Å²) in [7, 11) is 0. The van der Waals surface area contributed by atoms with E-state index < -0.39 is 5.82 Å². The number of nitrogens with one attached hydrogen (secondary N) is 1. The molecule has 0 bridgehead atoms. The summed E-state index contributed by atoms with van der Waals surface area (Å²) in [6.45, 7) is 1.75. The number of aliphatic imine (C=N–C) groups is 1. The summed E-state index contributed by atoms with van der Waals surface area (Å²) in [5.74, 6) is 0.105. The average Bonchev–Trinajstić information content (AvgIpc) is 2.40. The summed E-state index contributed by atoms with van der Waals surface area (Å²) in [5, 5.41) is 3.66. The van der Waals surface area contributed by atoms with Gasteiger partial charge in [0, 0.05) is 16.3 Å². The van der Waals surface area contributed by atoms with Crippen molar-refractivity contribution in [1.82, 2.24) is 0 Å². The average molecular weight is 291 g/mol. The molecule has 102 valence electrons. The van der Waals surface area contributed by atoms with Crippen LogP contribution in [0.3, 0.4) is 0 Å². The van der Waals surface area contributed by atoms with Crippen LogP contribution in [0.1, 0.15) is 17.3 Å². The van der Waals surface area contributed by atoms with E-state index in [4.69, 9.17) is 11.6 Å². The lowest BCUT2D eigenvalue weighted by atomic mass is 10.2. The van der Waals surface area contributed by atoms with E-state index in [1.807, 2.05) is 12.1 Å². The maximum atomic E-state index is 13.0. The summed E-state index contributed by atoms with van der Waals surface area (Å²) in [5.41, 5.74) is 1.40. The van der Waals surface area contributed by atoms with Crippen molar-refractivity contribution in [2.24, 2.45) is 4.99 Å². The molecule has 5 heteroatoms. The molecule has 0 amide bonds. The van der Waals surface area contributed by atoms with Crippen LogP contribution in [0.25, 0.3) is 0 Å². The van der Waals surface area contributed by atoms with Crippen molar-refractivity contribution in [3.8, 4) is 0 Å². The quantitative estimate of drug-likeness (QED) is 0.515. The Balaban J connectivity index is 2.24. The van der Waals surface area contributed by atoms with Crippen molar-refractivity contribution < 1.29 is 9.18 Å². The number of halogens is 2. The van der Waals surface area contributed by atoms with Crippen molar-refractivity contribution in [3.05, 3.63) is 58.9 Å². The second-order valence-electron chi connectivity index (χ2n) is 4.15. The maximum absolute atomic E-state index is 13.0. The molecular weight excluding hydrogens is 279 g/mol.